The molecule has 2 heterocycles. The minimum absolute atomic E-state index is 0.757. The molecule has 4 rings (SSSR count). The molecule has 0 unspecified atom stereocenters. The van der Waals surface area contributed by atoms with Gasteiger partial charge in [0.2, 0.25) is 5.69 Å². The van der Waals surface area contributed by atoms with Crippen molar-refractivity contribution in [2.24, 2.45) is 7.05 Å². The van der Waals surface area contributed by atoms with Gasteiger partial charge in [0.05, 0.1) is 0 Å². The van der Waals surface area contributed by atoms with Gasteiger partial charge < -0.3 is 0 Å². The van der Waals surface area contributed by atoms with E-state index in [2.05, 4.69) is 83.2 Å². The zero-order valence-corrected chi connectivity index (χ0v) is 13.8. The molecule has 4 aromatic rings. The van der Waals surface area contributed by atoms with Crippen LogP contribution in [0.5, 0.6) is 0 Å². The second-order valence-corrected chi connectivity index (χ2v) is 5.97. The van der Waals surface area contributed by atoms with E-state index >= 15 is 0 Å². The number of hydrogen-bond donors (Lipinski definition) is 0. The van der Waals surface area contributed by atoms with Gasteiger partial charge in [-0.25, -0.2) is 14.5 Å². The normalized spacial score (nSPS) is 10.9. The van der Waals surface area contributed by atoms with Gasteiger partial charge in [0.15, 0.2) is 12.0 Å². The number of aromatic nitrogens is 3. The Labute approximate surface area is 141 Å². The van der Waals surface area contributed by atoms with Gasteiger partial charge >= 0.3 is 0 Å². The number of nitrogens with zero attached hydrogens (tertiary/aromatic N) is 3. The maximum atomic E-state index is 4.42. The Morgan fingerprint density at radius 3 is 2.38 bits per heavy atom. The highest BCUT2D eigenvalue weighted by Crippen LogP contribution is 2.29. The monoisotopic (exact) mass is 312 g/mol. The zero-order chi connectivity index (χ0) is 16.5. The van der Waals surface area contributed by atoms with Crippen molar-refractivity contribution < 1.29 is 4.57 Å². The van der Waals surface area contributed by atoms with Crippen molar-refractivity contribution in [2.75, 3.05) is 0 Å². The van der Waals surface area contributed by atoms with Crippen molar-refractivity contribution in [3.63, 3.8) is 0 Å². The van der Waals surface area contributed by atoms with E-state index in [1.54, 1.807) is 12.4 Å². The lowest BCUT2D eigenvalue weighted by Gasteiger charge is -2.08. The van der Waals surface area contributed by atoms with E-state index in [4.69, 9.17) is 0 Å². The Bertz CT molecular complexity index is 1020. The summed E-state index contributed by atoms with van der Waals surface area (Å²) in [5.74, 6) is 0.757. The van der Waals surface area contributed by atoms with Crippen molar-refractivity contribution in [2.45, 2.75) is 6.92 Å². The summed E-state index contributed by atoms with van der Waals surface area (Å²) in [4.78, 5) is 8.85. The molecular formula is C21H18N3+. The fourth-order valence-corrected chi connectivity index (χ4v) is 3.13. The SMILES string of the molecule is Cc1ccccc1-c1cc2c(-c3ncccn3)cccc2c[n+]1C. The Morgan fingerprint density at radius 2 is 1.58 bits per heavy atom. The number of benzene rings is 2. The molecule has 0 saturated carbocycles. The summed E-state index contributed by atoms with van der Waals surface area (Å²) >= 11 is 0. The van der Waals surface area contributed by atoms with Crippen LogP contribution in [0.2, 0.25) is 0 Å². The molecule has 0 atom stereocenters. The van der Waals surface area contributed by atoms with Crippen LogP contribution in [0.15, 0.2) is 73.2 Å². The van der Waals surface area contributed by atoms with Gasteiger partial charge in [-0.2, -0.15) is 0 Å². The molecule has 0 spiro atoms. The van der Waals surface area contributed by atoms with Crippen molar-refractivity contribution >= 4 is 10.8 Å². The maximum absolute atomic E-state index is 4.42. The van der Waals surface area contributed by atoms with Crippen molar-refractivity contribution in [1.29, 1.82) is 0 Å². The molecule has 0 radical (unpaired) electrons. The molecule has 2 aromatic heterocycles. The van der Waals surface area contributed by atoms with Gasteiger partial charge in [-0.15, -0.1) is 0 Å². The van der Waals surface area contributed by atoms with Crippen molar-refractivity contribution in [3.05, 3.63) is 78.8 Å². The van der Waals surface area contributed by atoms with E-state index in [0.717, 1.165) is 11.4 Å². The van der Waals surface area contributed by atoms with E-state index in [9.17, 15) is 0 Å². The standard InChI is InChI=1S/C21H18N3/c1-15-7-3-4-9-17(15)20-13-19-16(14-24(20)2)8-5-10-18(19)21-22-11-6-12-23-21/h3-14H,1-2H3/q+1. The van der Waals surface area contributed by atoms with Crippen LogP contribution < -0.4 is 4.57 Å². The second-order valence-electron chi connectivity index (χ2n) is 5.97. The number of aryl methyl sites for hydroxylation is 2. The quantitative estimate of drug-likeness (QED) is 0.522. The first-order chi connectivity index (χ1) is 11.7. The molecule has 0 amide bonds. The summed E-state index contributed by atoms with van der Waals surface area (Å²) < 4.78 is 2.18. The minimum Gasteiger partial charge on any atom is -0.237 e. The van der Waals surface area contributed by atoms with Gasteiger partial charge in [-0.1, -0.05) is 30.3 Å². The summed E-state index contributed by atoms with van der Waals surface area (Å²) in [6, 6.07) is 18.8. The summed E-state index contributed by atoms with van der Waals surface area (Å²) in [6.45, 7) is 2.14. The van der Waals surface area contributed by atoms with Gasteiger partial charge in [0, 0.05) is 40.4 Å². The van der Waals surface area contributed by atoms with Gasteiger partial charge in [0.1, 0.15) is 7.05 Å². The molecule has 0 aliphatic heterocycles. The van der Waals surface area contributed by atoms with Crippen molar-refractivity contribution in [1.82, 2.24) is 9.97 Å². The first-order valence-electron chi connectivity index (χ1n) is 8.00. The van der Waals surface area contributed by atoms with E-state index in [-0.39, 0.29) is 0 Å². The Balaban J connectivity index is 2.02. The number of rotatable bonds is 2. The zero-order valence-electron chi connectivity index (χ0n) is 13.8. The summed E-state index contributed by atoms with van der Waals surface area (Å²) in [5.41, 5.74) is 4.75. The topological polar surface area (TPSA) is 29.7 Å². The smallest absolute Gasteiger partial charge is 0.213 e. The molecule has 0 aliphatic carbocycles. The Hall–Kier alpha value is -3.07. The molecule has 0 N–H and O–H groups in total. The molecule has 24 heavy (non-hydrogen) atoms. The van der Waals surface area contributed by atoms with E-state index in [1.165, 1.54) is 27.6 Å². The van der Waals surface area contributed by atoms with Crippen LogP contribution in [0, 0.1) is 6.92 Å². The van der Waals surface area contributed by atoms with Crippen LogP contribution in [0.1, 0.15) is 5.56 Å². The van der Waals surface area contributed by atoms with Gasteiger partial charge in [0.25, 0.3) is 0 Å². The van der Waals surface area contributed by atoms with Crippen LogP contribution >= 0.6 is 0 Å². The molecule has 0 aliphatic rings. The Kier molecular flexibility index (Phi) is 3.54. The van der Waals surface area contributed by atoms with E-state index in [1.807, 2.05) is 6.07 Å². The number of fused-ring (bicyclic) bond motifs is 1. The predicted molar refractivity (Wildman–Crippen MR) is 96.3 cm³/mol. The fraction of sp³-hybridized carbons (Fsp3) is 0.0952. The first-order valence-corrected chi connectivity index (χ1v) is 8.00. The maximum Gasteiger partial charge on any atom is 0.213 e. The predicted octanol–water partition coefficient (Wildman–Crippen LogP) is 4.10. The molecule has 3 heteroatoms. The van der Waals surface area contributed by atoms with Gasteiger partial charge in [-0.3, -0.25) is 0 Å². The molecular weight excluding hydrogens is 294 g/mol. The summed E-state index contributed by atoms with van der Waals surface area (Å²) in [7, 11) is 2.09. The van der Waals surface area contributed by atoms with Crippen LogP contribution in [0.3, 0.4) is 0 Å². The number of pyridine rings is 1. The van der Waals surface area contributed by atoms with Crippen LogP contribution in [0.4, 0.5) is 0 Å². The second kappa shape index (κ2) is 5.85. The molecule has 116 valence electrons. The lowest BCUT2D eigenvalue weighted by atomic mass is 10.00. The van der Waals surface area contributed by atoms with Crippen molar-refractivity contribution in [3.8, 4) is 22.6 Å². The third-order valence-corrected chi connectivity index (χ3v) is 4.36. The van der Waals surface area contributed by atoms with Crippen LogP contribution in [0.25, 0.3) is 33.4 Å². The van der Waals surface area contributed by atoms with E-state index < -0.39 is 0 Å². The molecule has 0 fully saturated rings. The minimum atomic E-state index is 0.757. The molecule has 0 saturated heterocycles. The lowest BCUT2D eigenvalue weighted by molar-refractivity contribution is -0.659. The summed E-state index contributed by atoms with van der Waals surface area (Å²) in [6.07, 6.45) is 5.74. The average molecular weight is 312 g/mol. The molecule has 0 bridgehead atoms. The highest BCUT2D eigenvalue weighted by atomic mass is 14.9. The highest BCUT2D eigenvalue weighted by molar-refractivity contribution is 5.95. The van der Waals surface area contributed by atoms with Crippen LogP contribution in [-0.2, 0) is 7.05 Å². The molecule has 3 nitrogen and oxygen atoms in total. The van der Waals surface area contributed by atoms with E-state index in [0.29, 0.717) is 0 Å². The largest absolute Gasteiger partial charge is 0.237 e. The lowest BCUT2D eigenvalue weighted by Crippen LogP contribution is -2.30. The third-order valence-electron chi connectivity index (χ3n) is 4.36. The number of hydrogen-bond acceptors (Lipinski definition) is 2. The third kappa shape index (κ3) is 2.44. The average Bonchev–Trinajstić information content (AvgIpc) is 2.62. The Morgan fingerprint density at radius 1 is 0.833 bits per heavy atom. The molecule has 2 aromatic carbocycles. The fourth-order valence-electron chi connectivity index (χ4n) is 3.13. The first kappa shape index (κ1) is 14.5. The summed E-state index contributed by atoms with van der Waals surface area (Å²) in [5, 5.41) is 2.35. The van der Waals surface area contributed by atoms with Crippen LogP contribution in [-0.4, -0.2) is 9.97 Å². The van der Waals surface area contributed by atoms with Gasteiger partial charge in [-0.05, 0) is 30.7 Å². The highest BCUT2D eigenvalue weighted by Gasteiger charge is 2.16.